The van der Waals surface area contributed by atoms with Crippen LogP contribution in [0, 0.1) is 0 Å². The minimum absolute atomic E-state index is 0.627. The summed E-state index contributed by atoms with van der Waals surface area (Å²) in [5.41, 5.74) is 9.95. The lowest BCUT2D eigenvalue weighted by molar-refractivity contribution is 0.620. The molecule has 0 fully saturated rings. The van der Waals surface area contributed by atoms with Crippen LogP contribution in [-0.4, -0.2) is 4.98 Å². The average Bonchev–Trinajstić information content (AvgIpc) is 3.78. The number of hydrogen-bond donors (Lipinski definition) is 0. The Morgan fingerprint density at radius 3 is 1.88 bits per heavy atom. The van der Waals surface area contributed by atoms with E-state index in [4.69, 9.17) is 13.8 Å². The fourth-order valence-corrected chi connectivity index (χ4v) is 7.09. The van der Waals surface area contributed by atoms with Crippen molar-refractivity contribution < 1.29 is 8.83 Å². The van der Waals surface area contributed by atoms with Crippen molar-refractivity contribution in [2.75, 3.05) is 4.90 Å². The van der Waals surface area contributed by atoms with Crippen molar-refractivity contribution in [3.63, 3.8) is 0 Å². The van der Waals surface area contributed by atoms with Crippen molar-refractivity contribution in [1.29, 1.82) is 0 Å². The molecule has 49 heavy (non-hydrogen) atoms. The molecule has 0 saturated carbocycles. The van der Waals surface area contributed by atoms with Crippen molar-refractivity contribution in [3.05, 3.63) is 170 Å². The number of anilines is 3. The fraction of sp³-hybridized carbons (Fsp3) is 0. The van der Waals surface area contributed by atoms with Gasteiger partial charge in [0.25, 0.3) is 0 Å². The van der Waals surface area contributed by atoms with Crippen LogP contribution in [0.3, 0.4) is 0 Å². The number of oxazole rings is 1. The molecule has 10 rings (SSSR count). The Hall–Kier alpha value is -6.65. The van der Waals surface area contributed by atoms with Gasteiger partial charge in [-0.25, -0.2) is 4.98 Å². The minimum atomic E-state index is 0.627. The fourth-order valence-electron chi connectivity index (χ4n) is 7.09. The highest BCUT2D eigenvalue weighted by molar-refractivity contribution is 6.19. The van der Waals surface area contributed by atoms with E-state index in [1.54, 1.807) is 0 Å². The topological polar surface area (TPSA) is 42.4 Å². The first-order valence-electron chi connectivity index (χ1n) is 16.5. The molecule has 0 N–H and O–H groups in total. The third-order valence-electron chi connectivity index (χ3n) is 9.47. The summed E-state index contributed by atoms with van der Waals surface area (Å²) in [4.78, 5) is 7.35. The third kappa shape index (κ3) is 4.57. The van der Waals surface area contributed by atoms with Gasteiger partial charge in [-0.2, -0.15) is 0 Å². The predicted octanol–water partition coefficient (Wildman–Crippen LogP) is 12.8. The van der Waals surface area contributed by atoms with Crippen LogP contribution >= 0.6 is 0 Å². The Balaban J connectivity index is 1.11. The molecule has 0 aliphatic rings. The molecule has 0 spiro atoms. The quantitative estimate of drug-likeness (QED) is 0.178. The van der Waals surface area contributed by atoms with Gasteiger partial charge in [-0.1, -0.05) is 97.1 Å². The molecule has 10 aromatic rings. The number of hydrogen-bond acceptors (Lipinski definition) is 4. The van der Waals surface area contributed by atoms with Crippen molar-refractivity contribution in [2.24, 2.45) is 0 Å². The summed E-state index contributed by atoms with van der Waals surface area (Å²) in [7, 11) is 0. The van der Waals surface area contributed by atoms with Crippen LogP contribution < -0.4 is 4.90 Å². The van der Waals surface area contributed by atoms with E-state index >= 15 is 0 Å². The molecule has 4 nitrogen and oxygen atoms in total. The molecule has 0 atom stereocenters. The summed E-state index contributed by atoms with van der Waals surface area (Å²) in [5.74, 6) is 0.627. The lowest BCUT2D eigenvalue weighted by Crippen LogP contribution is -2.09. The van der Waals surface area contributed by atoms with Gasteiger partial charge in [-0.05, 0) is 100 Å². The lowest BCUT2D eigenvalue weighted by atomic mass is 9.99. The summed E-state index contributed by atoms with van der Waals surface area (Å²) >= 11 is 0. The second-order valence-corrected chi connectivity index (χ2v) is 12.4. The Morgan fingerprint density at radius 1 is 0.388 bits per heavy atom. The smallest absolute Gasteiger partial charge is 0.227 e. The van der Waals surface area contributed by atoms with E-state index < -0.39 is 0 Å². The maximum absolute atomic E-state index is 6.29. The van der Waals surface area contributed by atoms with Gasteiger partial charge in [-0.3, -0.25) is 0 Å². The van der Waals surface area contributed by atoms with E-state index in [2.05, 4.69) is 126 Å². The van der Waals surface area contributed by atoms with E-state index in [1.165, 1.54) is 0 Å². The molecular weight excluding hydrogens is 601 g/mol. The maximum atomic E-state index is 6.29. The van der Waals surface area contributed by atoms with Crippen LogP contribution in [0.5, 0.6) is 0 Å². The number of para-hydroxylation sites is 2. The molecule has 0 aliphatic heterocycles. The highest BCUT2D eigenvalue weighted by Crippen LogP contribution is 2.41. The van der Waals surface area contributed by atoms with Crippen LogP contribution in [0.2, 0.25) is 0 Å². The monoisotopic (exact) mass is 628 g/mol. The Bertz CT molecular complexity index is 2820. The summed E-state index contributed by atoms with van der Waals surface area (Å²) < 4.78 is 12.4. The molecule has 2 heterocycles. The largest absolute Gasteiger partial charge is 0.456 e. The highest BCUT2D eigenvalue weighted by atomic mass is 16.3. The zero-order chi connectivity index (χ0) is 32.3. The van der Waals surface area contributed by atoms with Gasteiger partial charge >= 0.3 is 0 Å². The lowest BCUT2D eigenvalue weighted by Gasteiger charge is -2.26. The van der Waals surface area contributed by atoms with Crippen LogP contribution in [0.25, 0.3) is 77.2 Å². The Kier molecular flexibility index (Phi) is 6.15. The van der Waals surface area contributed by atoms with Gasteiger partial charge in [0.2, 0.25) is 5.89 Å². The molecule has 0 amide bonds. The van der Waals surface area contributed by atoms with E-state index in [0.29, 0.717) is 5.89 Å². The number of aromatic nitrogens is 1. The number of fused-ring (bicyclic) bond motifs is 8. The molecule has 4 heteroatoms. The zero-order valence-electron chi connectivity index (χ0n) is 26.4. The first-order valence-corrected chi connectivity index (χ1v) is 16.5. The molecule has 0 saturated heterocycles. The SMILES string of the molecule is c1ccc(-c2nc3c(ccc4ccc5ccc(N(c6ccccc6)c6ccc(-c7ccc8oc9ccccc9c8c7)cc6)cc5c43)o2)cc1. The Labute approximate surface area is 282 Å². The molecule has 8 aromatic carbocycles. The normalized spacial score (nSPS) is 11.7. The van der Waals surface area contributed by atoms with Crippen molar-refractivity contribution >= 4 is 71.6 Å². The second kappa shape index (κ2) is 11.0. The predicted molar refractivity (Wildman–Crippen MR) is 202 cm³/mol. The minimum Gasteiger partial charge on any atom is -0.456 e. The molecular formula is C45H28N2O2. The second-order valence-electron chi connectivity index (χ2n) is 12.4. The zero-order valence-corrected chi connectivity index (χ0v) is 26.4. The van der Waals surface area contributed by atoms with Crippen molar-refractivity contribution in [1.82, 2.24) is 4.98 Å². The number of nitrogens with zero attached hydrogens (tertiary/aromatic N) is 2. The molecule has 2 aromatic heterocycles. The summed E-state index contributed by atoms with van der Waals surface area (Å²) in [6, 6.07) is 59.3. The molecule has 0 aliphatic carbocycles. The number of benzene rings is 8. The Morgan fingerprint density at radius 2 is 1.02 bits per heavy atom. The number of rotatable bonds is 5. The first-order chi connectivity index (χ1) is 24.3. The van der Waals surface area contributed by atoms with Crippen LogP contribution in [0.1, 0.15) is 0 Å². The van der Waals surface area contributed by atoms with Gasteiger partial charge in [0.15, 0.2) is 5.58 Å². The summed E-state index contributed by atoms with van der Waals surface area (Å²) in [6.45, 7) is 0. The maximum Gasteiger partial charge on any atom is 0.227 e. The van der Waals surface area contributed by atoms with Crippen LogP contribution in [0.4, 0.5) is 17.1 Å². The van der Waals surface area contributed by atoms with Crippen LogP contribution in [-0.2, 0) is 0 Å². The molecule has 230 valence electrons. The van der Waals surface area contributed by atoms with Gasteiger partial charge in [0.1, 0.15) is 16.7 Å². The van der Waals surface area contributed by atoms with Gasteiger partial charge in [0.05, 0.1) is 0 Å². The average molecular weight is 629 g/mol. The van der Waals surface area contributed by atoms with Crippen LogP contribution in [0.15, 0.2) is 179 Å². The number of furan rings is 1. The molecule has 0 radical (unpaired) electrons. The van der Waals surface area contributed by atoms with Gasteiger partial charge in [-0.15, -0.1) is 0 Å². The van der Waals surface area contributed by atoms with E-state index in [-0.39, 0.29) is 0 Å². The van der Waals surface area contributed by atoms with E-state index in [1.807, 2.05) is 48.5 Å². The highest BCUT2D eigenvalue weighted by Gasteiger charge is 2.17. The summed E-state index contributed by atoms with van der Waals surface area (Å²) in [6.07, 6.45) is 0. The van der Waals surface area contributed by atoms with Crippen molar-refractivity contribution in [2.45, 2.75) is 0 Å². The molecule has 0 bridgehead atoms. The van der Waals surface area contributed by atoms with E-state index in [9.17, 15) is 0 Å². The molecule has 0 unspecified atom stereocenters. The van der Waals surface area contributed by atoms with Gasteiger partial charge in [0, 0.05) is 38.8 Å². The van der Waals surface area contributed by atoms with E-state index in [0.717, 1.165) is 88.3 Å². The van der Waals surface area contributed by atoms with Crippen molar-refractivity contribution in [3.8, 4) is 22.6 Å². The first kappa shape index (κ1) is 27.5. The standard InChI is InChI=1S/C45H28N2O2/c1-3-9-32(10-4-1)45-46-44-42(49-45)26-20-31-16-15-30-19-24-36(28-38(30)43(31)44)47(34-11-5-2-6-12-34)35-22-17-29(18-23-35)33-21-25-41-39(27-33)37-13-7-8-14-40(37)48-41/h1-28H. The summed E-state index contributed by atoms with van der Waals surface area (Å²) in [5, 5.41) is 6.76. The third-order valence-corrected chi connectivity index (χ3v) is 9.47. The van der Waals surface area contributed by atoms with Gasteiger partial charge < -0.3 is 13.7 Å².